The van der Waals surface area contributed by atoms with Crippen molar-refractivity contribution < 1.29 is 4.79 Å². The van der Waals surface area contributed by atoms with E-state index in [9.17, 15) is 4.79 Å². The van der Waals surface area contributed by atoms with Gasteiger partial charge in [0.1, 0.15) is 0 Å². The third-order valence-corrected chi connectivity index (χ3v) is 5.61. The minimum Gasteiger partial charge on any atom is -0.355 e. The second kappa shape index (κ2) is 8.11. The Morgan fingerprint density at radius 1 is 1.16 bits per heavy atom. The quantitative estimate of drug-likeness (QED) is 0.413. The molecule has 0 fully saturated rings. The number of H-pyrrole nitrogens is 1. The summed E-state index contributed by atoms with van der Waals surface area (Å²) in [6.07, 6.45) is 0. The third kappa shape index (κ3) is 4.28. The van der Waals surface area contributed by atoms with Crippen LogP contribution in [0.15, 0.2) is 57.9 Å². The van der Waals surface area contributed by atoms with Crippen LogP contribution in [-0.2, 0) is 4.79 Å². The molecule has 0 atom stereocenters. The summed E-state index contributed by atoms with van der Waals surface area (Å²) in [6, 6.07) is 16.7. The lowest BCUT2D eigenvalue weighted by molar-refractivity contribution is -0.123. The fraction of sp³-hybridized carbons (Fsp3) is 0.250. The van der Waals surface area contributed by atoms with Gasteiger partial charge in [-0.2, -0.15) is 0 Å². The predicted octanol–water partition coefficient (Wildman–Crippen LogP) is 5.46. The molecule has 0 aliphatic rings. The number of carbonyl (C=O) groups is 1. The highest BCUT2D eigenvalue weighted by Gasteiger charge is 2.14. The normalized spacial score (nSPS) is 11.2. The van der Waals surface area contributed by atoms with Crippen LogP contribution in [0.3, 0.4) is 0 Å². The van der Waals surface area contributed by atoms with Gasteiger partial charge in [-0.15, -0.1) is 11.8 Å². The molecule has 1 heterocycles. The van der Waals surface area contributed by atoms with Gasteiger partial charge in [-0.05, 0) is 23.8 Å². The second-order valence-electron chi connectivity index (χ2n) is 6.18. The molecular weight excluding hydrogens is 396 g/mol. The van der Waals surface area contributed by atoms with Crippen LogP contribution in [-0.4, -0.2) is 23.2 Å². The number of aromatic nitrogens is 1. The number of hydrogen-bond acceptors (Lipinski definition) is 2. The highest BCUT2D eigenvalue weighted by Crippen LogP contribution is 2.37. The Balaban J connectivity index is 1.84. The van der Waals surface area contributed by atoms with Gasteiger partial charge in [-0.3, -0.25) is 4.79 Å². The van der Waals surface area contributed by atoms with Crippen molar-refractivity contribution in [1.29, 1.82) is 0 Å². The van der Waals surface area contributed by atoms with E-state index in [0.717, 1.165) is 27.0 Å². The fourth-order valence-corrected chi connectivity index (χ4v) is 3.94. The SMILES string of the molecule is CC(C)C(=O)NCCSc1c(-c2ccc(Br)cc2)[nH]c2ccccc12. The van der Waals surface area contributed by atoms with E-state index in [1.54, 1.807) is 11.8 Å². The van der Waals surface area contributed by atoms with Crippen LogP contribution in [0.4, 0.5) is 0 Å². The van der Waals surface area contributed by atoms with Crippen LogP contribution < -0.4 is 5.32 Å². The number of hydrogen-bond donors (Lipinski definition) is 2. The van der Waals surface area contributed by atoms with Crippen LogP contribution >= 0.6 is 27.7 Å². The number of thioether (sulfide) groups is 1. The van der Waals surface area contributed by atoms with Crippen molar-refractivity contribution in [2.75, 3.05) is 12.3 Å². The van der Waals surface area contributed by atoms with Gasteiger partial charge < -0.3 is 10.3 Å². The molecule has 25 heavy (non-hydrogen) atoms. The minimum absolute atomic E-state index is 0.0245. The van der Waals surface area contributed by atoms with Crippen LogP contribution in [0.1, 0.15) is 13.8 Å². The molecule has 2 aromatic carbocycles. The third-order valence-electron chi connectivity index (χ3n) is 3.96. The molecule has 0 unspecified atom stereocenters. The number of para-hydroxylation sites is 1. The van der Waals surface area contributed by atoms with Crippen molar-refractivity contribution in [1.82, 2.24) is 10.3 Å². The molecule has 3 nitrogen and oxygen atoms in total. The number of amides is 1. The highest BCUT2D eigenvalue weighted by molar-refractivity contribution is 9.10. The average molecular weight is 417 g/mol. The van der Waals surface area contributed by atoms with Gasteiger partial charge in [0.15, 0.2) is 0 Å². The maximum Gasteiger partial charge on any atom is 0.222 e. The lowest BCUT2D eigenvalue weighted by Gasteiger charge is -2.08. The van der Waals surface area contributed by atoms with E-state index < -0.39 is 0 Å². The van der Waals surface area contributed by atoms with E-state index in [4.69, 9.17) is 0 Å². The molecule has 0 bridgehead atoms. The number of aromatic amines is 1. The maximum absolute atomic E-state index is 11.7. The first-order chi connectivity index (χ1) is 12.1. The van der Waals surface area contributed by atoms with Crippen molar-refractivity contribution in [3.8, 4) is 11.3 Å². The molecule has 0 aliphatic heterocycles. The van der Waals surface area contributed by atoms with E-state index >= 15 is 0 Å². The summed E-state index contributed by atoms with van der Waals surface area (Å²) in [5.41, 5.74) is 3.43. The van der Waals surface area contributed by atoms with Gasteiger partial charge in [0.25, 0.3) is 0 Å². The Morgan fingerprint density at radius 3 is 2.60 bits per heavy atom. The number of benzene rings is 2. The molecule has 2 N–H and O–H groups in total. The Hall–Kier alpha value is -1.72. The van der Waals surface area contributed by atoms with Crippen LogP contribution in [0.5, 0.6) is 0 Å². The van der Waals surface area contributed by atoms with Crippen molar-refractivity contribution in [2.24, 2.45) is 5.92 Å². The summed E-state index contributed by atoms with van der Waals surface area (Å²) in [6.45, 7) is 4.49. The van der Waals surface area contributed by atoms with Crippen LogP contribution in [0, 0.1) is 5.92 Å². The van der Waals surface area contributed by atoms with Crippen LogP contribution in [0.25, 0.3) is 22.2 Å². The van der Waals surface area contributed by atoms with E-state index in [-0.39, 0.29) is 11.8 Å². The lowest BCUT2D eigenvalue weighted by Crippen LogP contribution is -2.29. The van der Waals surface area contributed by atoms with Gasteiger partial charge in [-0.1, -0.05) is 60.1 Å². The van der Waals surface area contributed by atoms with Crippen molar-refractivity contribution in [3.63, 3.8) is 0 Å². The van der Waals surface area contributed by atoms with E-state index in [1.807, 2.05) is 19.9 Å². The number of carbonyl (C=O) groups excluding carboxylic acids is 1. The fourth-order valence-electron chi connectivity index (χ4n) is 2.62. The first kappa shape index (κ1) is 18.1. The summed E-state index contributed by atoms with van der Waals surface area (Å²) < 4.78 is 1.07. The molecule has 0 saturated heterocycles. The molecule has 3 rings (SSSR count). The molecule has 130 valence electrons. The van der Waals surface area contributed by atoms with E-state index in [2.05, 4.69) is 68.7 Å². The number of rotatable bonds is 6. The number of halogens is 1. The summed E-state index contributed by atoms with van der Waals surface area (Å²) >= 11 is 5.27. The minimum atomic E-state index is 0.0245. The molecular formula is C20H21BrN2OS. The first-order valence-corrected chi connectivity index (χ1v) is 10.1. The standard InChI is InChI=1S/C20H21BrN2OS/c1-13(2)20(24)22-11-12-25-19-16-5-3-4-6-17(16)23-18(19)14-7-9-15(21)10-8-14/h3-10,13,23H,11-12H2,1-2H3,(H,22,24). The molecule has 3 aromatic rings. The lowest BCUT2D eigenvalue weighted by atomic mass is 10.1. The summed E-state index contributed by atoms with van der Waals surface area (Å²) in [5.74, 6) is 0.966. The first-order valence-electron chi connectivity index (χ1n) is 8.33. The topological polar surface area (TPSA) is 44.9 Å². The Kier molecular flexibility index (Phi) is 5.86. The van der Waals surface area contributed by atoms with Gasteiger partial charge in [0.2, 0.25) is 5.91 Å². The monoisotopic (exact) mass is 416 g/mol. The average Bonchev–Trinajstić information content (AvgIpc) is 2.97. The smallest absolute Gasteiger partial charge is 0.222 e. The molecule has 1 amide bonds. The summed E-state index contributed by atoms with van der Waals surface area (Å²) in [4.78, 5) is 16.5. The van der Waals surface area contributed by atoms with Gasteiger partial charge in [0, 0.05) is 38.5 Å². The number of fused-ring (bicyclic) bond motifs is 1. The van der Waals surface area contributed by atoms with E-state index in [0.29, 0.717) is 6.54 Å². The molecule has 0 spiro atoms. The van der Waals surface area contributed by atoms with Crippen molar-refractivity contribution >= 4 is 44.5 Å². The summed E-state index contributed by atoms with van der Waals surface area (Å²) in [5, 5.41) is 4.21. The maximum atomic E-state index is 11.7. The Labute approximate surface area is 160 Å². The molecule has 0 radical (unpaired) electrons. The summed E-state index contributed by atoms with van der Waals surface area (Å²) in [7, 11) is 0. The zero-order chi connectivity index (χ0) is 17.8. The zero-order valence-corrected chi connectivity index (χ0v) is 16.7. The Morgan fingerprint density at radius 2 is 1.88 bits per heavy atom. The van der Waals surface area contributed by atoms with Crippen molar-refractivity contribution in [3.05, 3.63) is 53.0 Å². The highest BCUT2D eigenvalue weighted by atomic mass is 79.9. The molecule has 1 aromatic heterocycles. The Bertz CT molecular complexity index is 871. The predicted molar refractivity (Wildman–Crippen MR) is 110 cm³/mol. The molecule has 0 aliphatic carbocycles. The second-order valence-corrected chi connectivity index (χ2v) is 8.20. The van der Waals surface area contributed by atoms with E-state index in [1.165, 1.54) is 10.3 Å². The van der Waals surface area contributed by atoms with Gasteiger partial charge >= 0.3 is 0 Å². The van der Waals surface area contributed by atoms with Gasteiger partial charge in [0.05, 0.1) is 5.69 Å². The molecule has 0 saturated carbocycles. The largest absolute Gasteiger partial charge is 0.355 e. The molecule has 5 heteroatoms. The number of nitrogens with one attached hydrogen (secondary N) is 2. The van der Waals surface area contributed by atoms with Gasteiger partial charge in [-0.25, -0.2) is 0 Å². The zero-order valence-electron chi connectivity index (χ0n) is 14.3. The van der Waals surface area contributed by atoms with Crippen LogP contribution in [0.2, 0.25) is 0 Å². The van der Waals surface area contributed by atoms with Crippen molar-refractivity contribution in [2.45, 2.75) is 18.7 Å².